The number of Topliss-reactive ketones (excluding diaryl/α,β-unsaturated/α-hetero) is 1. The summed E-state index contributed by atoms with van der Waals surface area (Å²) in [6, 6.07) is 13.0. The first-order valence-electron chi connectivity index (χ1n) is 28.7. The Bertz CT molecular complexity index is 2770. The van der Waals surface area contributed by atoms with Gasteiger partial charge in [0.25, 0.3) is 0 Å². The van der Waals surface area contributed by atoms with Gasteiger partial charge in [0.1, 0.15) is 35.7 Å². The second-order valence-corrected chi connectivity index (χ2v) is 22.8. The number of fused-ring (bicyclic) bond motifs is 6. The molecule has 1 unspecified atom stereocenters. The maximum atomic E-state index is 14.3. The van der Waals surface area contributed by atoms with E-state index < -0.39 is 77.5 Å². The number of anilines is 1. The predicted molar refractivity (Wildman–Crippen MR) is 313 cm³/mol. The van der Waals surface area contributed by atoms with Crippen molar-refractivity contribution in [3.8, 4) is 0 Å². The molecule has 6 rings (SSSR count). The number of halogens is 1. The molecule has 4 amide bonds. The van der Waals surface area contributed by atoms with Gasteiger partial charge >= 0.3 is 12.1 Å². The lowest BCUT2D eigenvalue weighted by molar-refractivity contribution is -0.162. The summed E-state index contributed by atoms with van der Waals surface area (Å²) in [5.41, 5.74) is 7.93. The van der Waals surface area contributed by atoms with Crippen molar-refractivity contribution >= 4 is 63.8 Å². The zero-order valence-electron chi connectivity index (χ0n) is 49.6. The zero-order chi connectivity index (χ0) is 59.9. The normalized spacial score (nSPS) is 24.8. The van der Waals surface area contributed by atoms with Crippen molar-refractivity contribution in [2.75, 3.05) is 79.2 Å². The number of nitrogens with zero attached hydrogens (tertiary/aromatic N) is 4. The number of rotatable bonds is 26. The topological polar surface area (TPSA) is 246 Å². The third-order valence-corrected chi connectivity index (χ3v) is 16.7. The SMILES string of the molecule is CCN(C)Cc1cc2ccccc2n1CCC(=O)C[C@@H](CCCCN)C(=O)NCCOCCOCCC(=O)N(C)[C@@H](C)C(=O)O[C@H]1CC(=O)N(C)c2cc(cc(C)c2Cl)C/C(C)=C/C=C/[C@@H](OC)[C@]2(O)C[C@H](OC(=O)N2)[C@@H](C)C2O[C@]21C. The van der Waals surface area contributed by atoms with E-state index in [0.717, 1.165) is 59.2 Å². The molecular weight excluding hydrogens is 1070 g/mol. The Kier molecular flexibility index (Phi) is 24.1. The molecule has 2 saturated heterocycles. The van der Waals surface area contributed by atoms with Gasteiger partial charge < -0.3 is 63.8 Å². The number of alkyl carbamates (subject to hydrolysis) is 1. The number of aromatic nitrogens is 1. The lowest BCUT2D eigenvalue weighted by Crippen LogP contribution is -2.63. The summed E-state index contributed by atoms with van der Waals surface area (Å²) < 4.78 is 37.5. The monoisotopic (exact) mass is 1160 g/mol. The van der Waals surface area contributed by atoms with Crippen molar-refractivity contribution in [3.63, 3.8) is 0 Å². The maximum absolute atomic E-state index is 14.3. The van der Waals surface area contributed by atoms with Gasteiger partial charge in [0.15, 0.2) is 5.72 Å². The Morgan fingerprint density at radius 1 is 1.04 bits per heavy atom. The van der Waals surface area contributed by atoms with E-state index in [4.69, 9.17) is 45.8 Å². The molecule has 4 heterocycles. The Morgan fingerprint density at radius 3 is 2.49 bits per heavy atom. The Morgan fingerprint density at radius 2 is 1.77 bits per heavy atom. The Balaban J connectivity index is 0.991. The van der Waals surface area contributed by atoms with Crippen LogP contribution >= 0.6 is 11.6 Å². The van der Waals surface area contributed by atoms with Crippen LogP contribution in [0.3, 0.4) is 0 Å². The fourth-order valence-corrected chi connectivity index (χ4v) is 11.1. The van der Waals surface area contributed by atoms with Crippen molar-refractivity contribution < 1.29 is 62.3 Å². The van der Waals surface area contributed by atoms with Crippen molar-refractivity contribution in [1.29, 1.82) is 0 Å². The van der Waals surface area contributed by atoms with Crippen LogP contribution in [0.25, 0.3) is 10.9 Å². The summed E-state index contributed by atoms with van der Waals surface area (Å²) in [7, 11) is 6.58. The number of ether oxygens (including phenoxy) is 6. The molecule has 0 aliphatic carbocycles. The summed E-state index contributed by atoms with van der Waals surface area (Å²) in [4.78, 5) is 86.6. The van der Waals surface area contributed by atoms with E-state index in [1.807, 2.05) is 44.2 Å². The number of hydrogen-bond donors (Lipinski definition) is 4. The van der Waals surface area contributed by atoms with Gasteiger partial charge in [-0.2, -0.15) is 0 Å². The predicted octanol–water partition coefficient (Wildman–Crippen LogP) is 6.55. The Hall–Kier alpha value is -5.71. The van der Waals surface area contributed by atoms with Crippen LogP contribution in [0.4, 0.5) is 10.5 Å². The van der Waals surface area contributed by atoms with E-state index in [2.05, 4.69) is 52.3 Å². The number of amides is 4. The van der Waals surface area contributed by atoms with Gasteiger partial charge in [0.05, 0.1) is 56.1 Å². The van der Waals surface area contributed by atoms with E-state index in [1.165, 1.54) is 30.9 Å². The summed E-state index contributed by atoms with van der Waals surface area (Å²) >= 11 is 6.84. The van der Waals surface area contributed by atoms with E-state index in [0.29, 0.717) is 43.1 Å². The van der Waals surface area contributed by atoms with Gasteiger partial charge in [-0.15, -0.1) is 0 Å². The summed E-state index contributed by atoms with van der Waals surface area (Å²) in [6.45, 7) is 14.5. The van der Waals surface area contributed by atoms with Crippen molar-refractivity contribution in [2.45, 2.75) is 154 Å². The highest BCUT2D eigenvalue weighted by Crippen LogP contribution is 2.49. The number of hydrogen-bond acceptors (Lipinski definition) is 15. The number of esters is 1. The number of nitrogens with two attached hydrogens (primary N) is 1. The van der Waals surface area contributed by atoms with Crippen LogP contribution in [-0.2, 0) is 71.9 Å². The van der Waals surface area contributed by atoms with Gasteiger partial charge in [0.2, 0.25) is 17.7 Å². The third-order valence-electron chi connectivity index (χ3n) is 16.2. The number of carbonyl (C=O) groups is 6. The molecule has 82 heavy (non-hydrogen) atoms. The molecule has 2 fully saturated rings. The first-order chi connectivity index (χ1) is 39.0. The smallest absolute Gasteiger partial charge is 0.409 e. The fourth-order valence-electron chi connectivity index (χ4n) is 10.8. The molecule has 21 heteroatoms. The van der Waals surface area contributed by atoms with Crippen molar-refractivity contribution in [1.82, 2.24) is 25.0 Å². The Labute approximate surface area is 488 Å². The summed E-state index contributed by atoms with van der Waals surface area (Å²) in [5, 5.41) is 18.8. The molecule has 9 atom stereocenters. The van der Waals surface area contributed by atoms with Crippen molar-refractivity contribution in [2.24, 2.45) is 17.6 Å². The molecule has 0 spiro atoms. The number of unbranched alkanes of at least 4 members (excludes halogenated alkanes) is 1. The average Bonchev–Trinajstić information content (AvgIpc) is 2.24. The number of allylic oxidation sites excluding steroid dienone is 3. The average molecular weight is 1160 g/mol. The van der Waals surface area contributed by atoms with E-state index in [1.54, 1.807) is 33.0 Å². The zero-order valence-corrected chi connectivity index (χ0v) is 50.4. The molecule has 452 valence electrons. The lowest BCUT2D eigenvalue weighted by atomic mass is 9.83. The molecule has 20 nitrogen and oxygen atoms in total. The van der Waals surface area contributed by atoms with Gasteiger partial charge in [0, 0.05) is 83.1 Å². The third kappa shape index (κ3) is 17.2. The number of methoxy groups -OCH3 is 1. The number of nitrogens with one attached hydrogen (secondary N) is 2. The number of aliphatic hydroxyl groups is 1. The number of likely N-dealkylation sites (N-methyl/N-ethyl adjacent to an activating group) is 1. The number of ketones is 1. The molecule has 0 saturated carbocycles. The number of benzene rings is 2. The van der Waals surface area contributed by atoms with Crippen LogP contribution in [0.2, 0.25) is 5.02 Å². The quantitative estimate of drug-likeness (QED) is 0.0378. The molecule has 3 aliphatic rings. The van der Waals surface area contributed by atoms with Crippen molar-refractivity contribution in [3.05, 3.63) is 88.1 Å². The lowest BCUT2D eigenvalue weighted by Gasteiger charge is -2.42. The van der Waals surface area contributed by atoms with Gasteiger partial charge in [-0.25, -0.2) is 9.59 Å². The van der Waals surface area contributed by atoms with E-state index in [-0.39, 0.29) is 70.3 Å². The number of para-hydroxylation sites is 1. The second kappa shape index (κ2) is 30.2. The standard InChI is InChI=1S/C61H88ClN7O13/c1-11-66(7)38-46-34-44-18-12-13-20-48(44)69(46)26-22-47(70)35-45(19-14-15-24-63)57(73)64-25-28-79-30-29-78-27-23-53(71)67(8)42(5)58(74)81-52-36-54(72)68(9)49-33-43(32-40(3)55(49)62)31-39(2)17-16-21-51(77-10)61(76)37-50(80-59(75)65-61)41(4)56-60(52,6)82-56/h12-13,16-18,20-21,32-34,41-42,45,50-52,56,76H,11,14-15,19,22-31,35-38,63H2,1-10H3,(H,64,73)(H,65,75)/b21-16+,39-17+/t41-,42+,45-,50+,51-,52+,56?,60+,61-/m1/s1. The second-order valence-electron chi connectivity index (χ2n) is 22.4. The van der Waals surface area contributed by atoms with Crippen LogP contribution < -0.4 is 21.3 Å². The molecule has 5 N–H and O–H groups in total. The first-order valence-corrected chi connectivity index (χ1v) is 29.1. The molecular formula is C61H88ClN7O13. The molecule has 0 radical (unpaired) electrons. The van der Waals surface area contributed by atoms with Crippen LogP contribution in [0.1, 0.15) is 103 Å². The summed E-state index contributed by atoms with van der Waals surface area (Å²) in [6.07, 6.45) is 3.25. The van der Waals surface area contributed by atoms with Crippen LogP contribution in [0.5, 0.6) is 0 Å². The van der Waals surface area contributed by atoms with E-state index >= 15 is 0 Å². The first kappa shape index (κ1) is 65.4. The number of epoxide rings is 1. The highest BCUT2D eigenvalue weighted by Gasteiger charge is 2.64. The van der Waals surface area contributed by atoms with Gasteiger partial charge in [-0.3, -0.25) is 24.5 Å². The van der Waals surface area contributed by atoms with Gasteiger partial charge in [-0.05, 0) is 102 Å². The number of carbonyl (C=O) groups excluding carboxylic acids is 6. The minimum atomic E-state index is -1.85. The minimum absolute atomic E-state index is 0.0282. The largest absolute Gasteiger partial charge is 0.457 e. The molecule has 1 aromatic heterocycles. The molecule has 3 aliphatic heterocycles. The van der Waals surface area contributed by atoms with E-state index in [9.17, 15) is 33.9 Å². The van der Waals surface area contributed by atoms with Crippen LogP contribution in [0.15, 0.2) is 66.3 Å². The maximum Gasteiger partial charge on any atom is 0.409 e. The highest BCUT2D eigenvalue weighted by molar-refractivity contribution is 6.34. The van der Waals surface area contributed by atoms with Crippen LogP contribution in [-0.4, -0.2) is 171 Å². The summed E-state index contributed by atoms with van der Waals surface area (Å²) in [5.74, 6) is -2.82. The molecule has 4 bridgehead atoms. The highest BCUT2D eigenvalue weighted by atomic mass is 35.5. The van der Waals surface area contributed by atoms with Crippen LogP contribution in [0, 0.1) is 18.8 Å². The fraction of sp³-hybridized carbons (Fsp3) is 0.607. The minimum Gasteiger partial charge on any atom is -0.457 e. The molecule has 3 aromatic rings. The number of aryl methyl sites for hydroxylation is 2. The van der Waals surface area contributed by atoms with Gasteiger partial charge in [-0.1, -0.05) is 79.9 Å². The molecule has 2 aromatic carbocycles.